The molecule has 0 unspecified atom stereocenters. The minimum atomic E-state index is -0.753. The van der Waals surface area contributed by atoms with Crippen molar-refractivity contribution in [2.45, 2.75) is 38.9 Å². The summed E-state index contributed by atoms with van der Waals surface area (Å²) < 4.78 is 13.4. The van der Waals surface area contributed by atoms with Gasteiger partial charge in [0.1, 0.15) is 12.2 Å². The minimum absolute atomic E-state index is 0.312. The second-order valence-electron chi connectivity index (χ2n) is 7.84. The molecule has 2 heterocycles. The smallest absolute Gasteiger partial charge is 0.343 e. The molecule has 0 N–H and O–H groups in total. The number of rotatable bonds is 5. The van der Waals surface area contributed by atoms with Crippen molar-refractivity contribution in [2.75, 3.05) is 20.2 Å². The fourth-order valence-electron chi connectivity index (χ4n) is 4.31. The zero-order valence-electron chi connectivity index (χ0n) is 17.5. The van der Waals surface area contributed by atoms with E-state index in [1.165, 1.54) is 0 Å². The molecule has 4 rings (SSSR count). The first kappa shape index (κ1) is 21.1. The van der Waals surface area contributed by atoms with Crippen LogP contribution in [-0.4, -0.2) is 36.8 Å². The molecular weight excluding hydrogens is 446 g/mol. The Morgan fingerprint density at radius 2 is 1.80 bits per heavy atom. The monoisotopic (exact) mass is 471 g/mol. The third-order valence-electron chi connectivity index (χ3n) is 6.00. The van der Waals surface area contributed by atoms with Crippen molar-refractivity contribution < 1.29 is 19.1 Å². The number of carbonyl (C=O) groups is 1. The molecule has 2 aromatic carbocycles. The summed E-state index contributed by atoms with van der Waals surface area (Å²) in [6.45, 7) is 5.76. The number of hydroxylamine groups is 2. The molecule has 2 aliphatic heterocycles. The maximum atomic E-state index is 13.2. The molecule has 0 atom stereocenters. The fourth-order valence-corrected chi connectivity index (χ4v) is 4.64. The highest BCUT2D eigenvalue weighted by Crippen LogP contribution is 2.47. The van der Waals surface area contributed by atoms with Gasteiger partial charge in [-0.25, -0.2) is 4.79 Å². The predicted molar refractivity (Wildman–Crippen MR) is 118 cm³/mol. The molecule has 2 aromatic rings. The molecule has 0 bridgehead atoms. The van der Waals surface area contributed by atoms with Crippen molar-refractivity contribution in [3.05, 3.63) is 75.0 Å². The van der Waals surface area contributed by atoms with Gasteiger partial charge in [0.2, 0.25) is 0 Å². The largest absolute Gasteiger partial charge is 0.488 e. The first-order valence-corrected chi connectivity index (χ1v) is 10.9. The zero-order valence-corrected chi connectivity index (χ0v) is 19.1. The normalized spacial score (nSPS) is 18.7. The highest BCUT2D eigenvalue weighted by Gasteiger charge is 2.52. The molecule has 0 saturated carbocycles. The lowest BCUT2D eigenvalue weighted by atomic mass is 9.86. The summed E-state index contributed by atoms with van der Waals surface area (Å²) in [5.74, 6) is 0.338. The van der Waals surface area contributed by atoms with Crippen molar-refractivity contribution in [3.8, 4) is 0 Å². The molecule has 0 aromatic heterocycles. The summed E-state index contributed by atoms with van der Waals surface area (Å²) in [6.07, 6.45) is 1.26. The van der Waals surface area contributed by atoms with Gasteiger partial charge in [-0.2, -0.15) is 5.06 Å². The van der Waals surface area contributed by atoms with E-state index in [4.69, 9.17) is 14.3 Å². The number of piperidine rings is 1. The van der Waals surface area contributed by atoms with E-state index >= 15 is 0 Å². The second kappa shape index (κ2) is 8.53. The van der Waals surface area contributed by atoms with Crippen LogP contribution in [0.3, 0.4) is 0 Å². The summed E-state index contributed by atoms with van der Waals surface area (Å²) in [6, 6.07) is 14.0. The summed E-state index contributed by atoms with van der Waals surface area (Å²) in [5, 5.41) is 1.89. The Morgan fingerprint density at radius 1 is 1.10 bits per heavy atom. The van der Waals surface area contributed by atoms with Gasteiger partial charge in [-0.05, 0) is 42.2 Å². The predicted octanol–water partition coefficient (Wildman–Crippen LogP) is 4.95. The average Bonchev–Trinajstić information content (AvgIpc) is 3.01. The van der Waals surface area contributed by atoms with Crippen molar-refractivity contribution in [1.29, 1.82) is 0 Å². The van der Waals surface area contributed by atoms with Gasteiger partial charge in [-0.15, -0.1) is 0 Å². The Hall–Kier alpha value is -2.15. The van der Waals surface area contributed by atoms with Crippen molar-refractivity contribution in [3.63, 3.8) is 0 Å². The van der Waals surface area contributed by atoms with Crippen LogP contribution in [0.1, 0.15) is 35.1 Å². The van der Waals surface area contributed by atoms with Crippen LogP contribution in [0.2, 0.25) is 0 Å². The first-order valence-electron chi connectivity index (χ1n) is 10.1. The molecule has 6 heteroatoms. The number of nitrogens with zero attached hydrogens (tertiary/aromatic N) is 1. The van der Waals surface area contributed by atoms with Crippen LogP contribution in [0, 0.1) is 13.8 Å². The highest BCUT2D eigenvalue weighted by atomic mass is 79.9. The van der Waals surface area contributed by atoms with Crippen molar-refractivity contribution in [2.24, 2.45) is 0 Å². The van der Waals surface area contributed by atoms with E-state index in [9.17, 15) is 4.79 Å². The second-order valence-corrected chi connectivity index (χ2v) is 8.69. The van der Waals surface area contributed by atoms with Gasteiger partial charge in [-0.1, -0.05) is 52.3 Å². The molecule has 1 fully saturated rings. The molecule has 0 radical (unpaired) electrons. The van der Waals surface area contributed by atoms with Crippen LogP contribution in [0.25, 0.3) is 5.57 Å². The number of benzene rings is 2. The van der Waals surface area contributed by atoms with Gasteiger partial charge in [0.15, 0.2) is 11.4 Å². The van der Waals surface area contributed by atoms with Gasteiger partial charge in [0, 0.05) is 30.4 Å². The molecule has 158 valence electrons. The van der Waals surface area contributed by atoms with Gasteiger partial charge >= 0.3 is 5.97 Å². The fraction of sp³-hybridized carbons (Fsp3) is 0.375. The summed E-state index contributed by atoms with van der Waals surface area (Å²) >= 11 is 3.61. The van der Waals surface area contributed by atoms with Crippen LogP contribution in [0.15, 0.2) is 52.7 Å². The van der Waals surface area contributed by atoms with Crippen LogP contribution in [0.5, 0.6) is 0 Å². The third-order valence-corrected chi connectivity index (χ3v) is 6.86. The number of halogens is 1. The van der Waals surface area contributed by atoms with E-state index in [-0.39, 0.29) is 5.97 Å². The third kappa shape index (κ3) is 3.80. The van der Waals surface area contributed by atoms with Crippen LogP contribution >= 0.6 is 15.9 Å². The summed E-state index contributed by atoms with van der Waals surface area (Å²) in [4.78, 5) is 18.6. The topological polar surface area (TPSA) is 48.0 Å². The lowest BCUT2D eigenvalue weighted by molar-refractivity contribution is -0.184. The summed E-state index contributed by atoms with van der Waals surface area (Å²) in [7, 11) is 1.67. The van der Waals surface area contributed by atoms with Crippen molar-refractivity contribution in [1.82, 2.24) is 5.06 Å². The van der Waals surface area contributed by atoms with Crippen molar-refractivity contribution >= 4 is 27.5 Å². The minimum Gasteiger partial charge on any atom is -0.488 e. The maximum Gasteiger partial charge on any atom is 0.343 e. The van der Waals surface area contributed by atoms with Crippen LogP contribution < -0.4 is 0 Å². The molecule has 1 spiro atoms. The number of hydrogen-bond donors (Lipinski definition) is 0. The van der Waals surface area contributed by atoms with Gasteiger partial charge in [0.05, 0.1) is 7.11 Å². The number of aryl methyl sites for hydroxylation is 1. The number of ether oxygens (including phenoxy) is 2. The van der Waals surface area contributed by atoms with E-state index in [2.05, 4.69) is 15.9 Å². The van der Waals surface area contributed by atoms with Gasteiger partial charge in [0.25, 0.3) is 0 Å². The average molecular weight is 472 g/mol. The Morgan fingerprint density at radius 3 is 2.47 bits per heavy atom. The molecule has 1 saturated heterocycles. The molecule has 5 nitrogen and oxygen atoms in total. The van der Waals surface area contributed by atoms with E-state index in [0.717, 1.165) is 26.7 Å². The molecule has 2 aliphatic rings. The zero-order chi connectivity index (χ0) is 21.3. The molecule has 0 amide bonds. The standard InChI is InChI=1S/C24H26BrNO4/c1-16-9-10-19(25)17(2)20(16)21-22(29-15-18-7-5-4-6-8-18)24(30-23(21)27)11-13-26(28-3)14-12-24/h4-10H,11-15H2,1-3H3. The Labute approximate surface area is 185 Å². The molecular formula is C24H26BrNO4. The van der Waals surface area contributed by atoms with Gasteiger partial charge in [-0.3, -0.25) is 0 Å². The SMILES string of the molecule is CON1CCC2(CC1)OC(=O)C(c1c(C)ccc(Br)c1C)=C2OCc1ccccc1. The van der Waals surface area contributed by atoms with E-state index < -0.39 is 5.60 Å². The summed E-state index contributed by atoms with van der Waals surface area (Å²) in [5.41, 5.74) is 3.77. The molecule has 0 aliphatic carbocycles. The van der Waals surface area contributed by atoms with E-state index in [1.807, 2.05) is 61.4 Å². The van der Waals surface area contributed by atoms with Crippen LogP contribution in [0.4, 0.5) is 0 Å². The first-order chi connectivity index (χ1) is 14.4. The lowest BCUT2D eigenvalue weighted by Crippen LogP contribution is -2.46. The number of hydrogen-bond acceptors (Lipinski definition) is 5. The van der Waals surface area contributed by atoms with E-state index in [0.29, 0.717) is 43.9 Å². The van der Waals surface area contributed by atoms with E-state index in [1.54, 1.807) is 7.11 Å². The number of carbonyl (C=O) groups excluding carboxylic acids is 1. The molecule has 30 heavy (non-hydrogen) atoms. The highest BCUT2D eigenvalue weighted by molar-refractivity contribution is 9.10. The quantitative estimate of drug-likeness (QED) is 0.577. The number of esters is 1. The Balaban J connectivity index is 1.80. The lowest BCUT2D eigenvalue weighted by Gasteiger charge is -2.38. The van der Waals surface area contributed by atoms with Gasteiger partial charge < -0.3 is 14.3 Å². The Kier molecular flexibility index (Phi) is 6.00. The Bertz CT molecular complexity index is 978. The van der Waals surface area contributed by atoms with Crippen LogP contribution in [-0.2, 0) is 25.7 Å². The maximum absolute atomic E-state index is 13.2.